The van der Waals surface area contributed by atoms with Gasteiger partial charge in [-0.15, -0.1) is 0 Å². The van der Waals surface area contributed by atoms with Crippen LogP contribution in [0.15, 0.2) is 12.1 Å². The quantitative estimate of drug-likeness (QED) is 0.614. The summed E-state index contributed by atoms with van der Waals surface area (Å²) in [5.74, 6) is -0.142. The molecular formula is C14H17I2NO3. The van der Waals surface area contributed by atoms with Gasteiger partial charge < -0.3 is 15.1 Å². The minimum atomic E-state index is -0.181. The third-order valence-electron chi connectivity index (χ3n) is 3.61. The zero-order valence-electron chi connectivity index (χ0n) is 11.0. The lowest BCUT2D eigenvalue weighted by Gasteiger charge is -2.29. The summed E-state index contributed by atoms with van der Waals surface area (Å²) < 4.78 is 1.59. The highest BCUT2D eigenvalue weighted by Gasteiger charge is 2.28. The van der Waals surface area contributed by atoms with Gasteiger partial charge in [0.1, 0.15) is 5.75 Å². The van der Waals surface area contributed by atoms with E-state index in [2.05, 4.69) is 22.6 Å². The van der Waals surface area contributed by atoms with Gasteiger partial charge in [-0.3, -0.25) is 4.79 Å². The summed E-state index contributed by atoms with van der Waals surface area (Å²) in [5, 5.41) is 19.6. The van der Waals surface area contributed by atoms with Crippen LogP contribution >= 0.6 is 45.2 Å². The third kappa shape index (κ3) is 3.56. The van der Waals surface area contributed by atoms with Crippen molar-refractivity contribution in [2.45, 2.75) is 31.7 Å². The Labute approximate surface area is 145 Å². The first-order chi connectivity index (χ1) is 9.54. The molecule has 0 bridgehead atoms. The number of carbonyl (C=O) groups is 1. The van der Waals surface area contributed by atoms with Crippen LogP contribution in [-0.2, 0) is 0 Å². The fourth-order valence-electron chi connectivity index (χ4n) is 2.52. The number of nitrogens with zero attached hydrogens (tertiary/aromatic N) is 1. The Hall–Kier alpha value is -0.0900. The van der Waals surface area contributed by atoms with Gasteiger partial charge in [0.25, 0.3) is 5.91 Å². The molecule has 1 heterocycles. The van der Waals surface area contributed by atoms with E-state index >= 15 is 0 Å². The molecule has 20 heavy (non-hydrogen) atoms. The van der Waals surface area contributed by atoms with Crippen LogP contribution in [0.1, 0.15) is 36.0 Å². The largest absolute Gasteiger partial charge is 0.506 e. The molecule has 0 aromatic heterocycles. The Balaban J connectivity index is 2.33. The summed E-state index contributed by atoms with van der Waals surface area (Å²) >= 11 is 4.17. The topological polar surface area (TPSA) is 60.8 Å². The molecule has 0 spiro atoms. The number of aliphatic hydroxyl groups excluding tert-OH is 1. The first kappa shape index (κ1) is 16.3. The van der Waals surface area contributed by atoms with Crippen molar-refractivity contribution in [2.24, 2.45) is 0 Å². The number of hydrogen-bond donors (Lipinski definition) is 2. The summed E-state index contributed by atoms with van der Waals surface area (Å²) in [6.45, 7) is 0.624. The Morgan fingerprint density at radius 1 is 1.30 bits per heavy atom. The van der Waals surface area contributed by atoms with Crippen molar-refractivity contribution in [2.75, 3.05) is 13.2 Å². The molecule has 4 nitrogen and oxygen atoms in total. The second-order valence-electron chi connectivity index (χ2n) is 4.97. The lowest BCUT2D eigenvalue weighted by molar-refractivity contribution is 0.0596. The number of amides is 1. The number of carbonyl (C=O) groups excluding carboxylic acids is 1. The van der Waals surface area contributed by atoms with Crippen molar-refractivity contribution < 1.29 is 15.0 Å². The Bertz CT molecular complexity index is 507. The number of likely N-dealkylation sites (tertiary alicyclic amines) is 1. The van der Waals surface area contributed by atoms with Gasteiger partial charge in [0.05, 0.1) is 21.8 Å². The molecule has 1 atom stereocenters. The molecule has 1 aromatic carbocycles. The van der Waals surface area contributed by atoms with E-state index in [-0.39, 0.29) is 24.3 Å². The zero-order valence-corrected chi connectivity index (χ0v) is 15.3. The highest BCUT2D eigenvalue weighted by Crippen LogP contribution is 2.29. The van der Waals surface area contributed by atoms with Crippen molar-refractivity contribution in [3.63, 3.8) is 0 Å². The summed E-state index contributed by atoms with van der Waals surface area (Å²) in [6.07, 6.45) is 3.88. The van der Waals surface area contributed by atoms with Crippen LogP contribution in [0.2, 0.25) is 0 Å². The number of halogens is 2. The maximum Gasteiger partial charge on any atom is 0.258 e. The van der Waals surface area contributed by atoms with Gasteiger partial charge in [-0.25, -0.2) is 0 Å². The van der Waals surface area contributed by atoms with E-state index in [1.54, 1.807) is 11.0 Å². The van der Waals surface area contributed by atoms with Gasteiger partial charge in [0.15, 0.2) is 0 Å². The van der Waals surface area contributed by atoms with E-state index < -0.39 is 0 Å². The molecule has 1 unspecified atom stereocenters. The predicted molar refractivity (Wildman–Crippen MR) is 93.9 cm³/mol. The molecule has 2 N–H and O–H groups in total. The Morgan fingerprint density at radius 3 is 2.75 bits per heavy atom. The SMILES string of the molecule is O=C(c1cc(I)cc(I)c1O)N1CCCCCC1CO. The normalized spacial score (nSPS) is 19.8. The van der Waals surface area contributed by atoms with E-state index in [0.29, 0.717) is 15.7 Å². The van der Waals surface area contributed by atoms with E-state index in [1.165, 1.54) is 0 Å². The first-order valence-electron chi connectivity index (χ1n) is 6.64. The molecule has 1 aliphatic heterocycles. The molecule has 1 aromatic rings. The van der Waals surface area contributed by atoms with Crippen molar-refractivity contribution in [3.05, 3.63) is 24.8 Å². The van der Waals surface area contributed by atoms with Crippen molar-refractivity contribution in [3.8, 4) is 5.75 Å². The Morgan fingerprint density at radius 2 is 2.05 bits per heavy atom. The second-order valence-corrected chi connectivity index (χ2v) is 7.38. The number of aromatic hydroxyl groups is 1. The smallest absolute Gasteiger partial charge is 0.258 e. The zero-order chi connectivity index (χ0) is 14.7. The number of phenolic OH excluding ortho intramolecular Hbond substituents is 1. The standard InChI is InChI=1S/C14H17I2NO3/c15-9-6-11(13(19)12(16)7-9)14(20)17-5-3-1-2-4-10(17)8-18/h6-7,10,18-19H,1-5,8H2. The van der Waals surface area contributed by atoms with Crippen LogP contribution in [-0.4, -0.2) is 40.2 Å². The van der Waals surface area contributed by atoms with Crippen LogP contribution in [0, 0.1) is 7.14 Å². The molecule has 1 fully saturated rings. The van der Waals surface area contributed by atoms with Crippen molar-refractivity contribution in [1.82, 2.24) is 4.90 Å². The number of aliphatic hydroxyl groups is 1. The molecule has 0 saturated carbocycles. The number of phenols is 1. The van der Waals surface area contributed by atoms with E-state index in [1.807, 2.05) is 28.7 Å². The highest BCUT2D eigenvalue weighted by atomic mass is 127. The molecule has 1 amide bonds. The summed E-state index contributed by atoms with van der Waals surface area (Å²) in [7, 11) is 0. The van der Waals surface area contributed by atoms with Crippen LogP contribution in [0.25, 0.3) is 0 Å². The molecule has 6 heteroatoms. The van der Waals surface area contributed by atoms with Gasteiger partial charge in [-0.1, -0.05) is 12.8 Å². The molecule has 1 saturated heterocycles. The second kappa shape index (κ2) is 7.26. The van der Waals surface area contributed by atoms with Crippen LogP contribution in [0.3, 0.4) is 0 Å². The van der Waals surface area contributed by atoms with E-state index in [0.717, 1.165) is 29.3 Å². The van der Waals surface area contributed by atoms with E-state index in [4.69, 9.17) is 0 Å². The molecule has 110 valence electrons. The fraction of sp³-hybridized carbons (Fsp3) is 0.500. The predicted octanol–water partition coefficient (Wildman–Crippen LogP) is 2.98. The molecule has 2 rings (SSSR count). The lowest BCUT2D eigenvalue weighted by atomic mass is 10.1. The average molecular weight is 501 g/mol. The van der Waals surface area contributed by atoms with Gasteiger partial charge in [-0.2, -0.15) is 0 Å². The van der Waals surface area contributed by atoms with Crippen LogP contribution in [0.5, 0.6) is 5.75 Å². The molecular weight excluding hydrogens is 484 g/mol. The summed E-state index contributed by atoms with van der Waals surface area (Å²) in [6, 6.07) is 3.40. The number of rotatable bonds is 2. The highest BCUT2D eigenvalue weighted by molar-refractivity contribution is 14.1. The van der Waals surface area contributed by atoms with Gasteiger partial charge in [0, 0.05) is 10.1 Å². The Kier molecular flexibility index (Phi) is 5.91. The number of hydrogen-bond acceptors (Lipinski definition) is 3. The fourth-order valence-corrected chi connectivity index (χ4v) is 4.36. The number of benzene rings is 1. The molecule has 1 aliphatic rings. The maximum absolute atomic E-state index is 12.7. The van der Waals surface area contributed by atoms with Gasteiger partial charge in [0.2, 0.25) is 0 Å². The van der Waals surface area contributed by atoms with Crippen molar-refractivity contribution >= 4 is 51.1 Å². The molecule has 0 aliphatic carbocycles. The van der Waals surface area contributed by atoms with Crippen LogP contribution in [0.4, 0.5) is 0 Å². The average Bonchev–Trinajstić information content (AvgIpc) is 2.67. The van der Waals surface area contributed by atoms with Gasteiger partial charge in [-0.05, 0) is 70.2 Å². The monoisotopic (exact) mass is 501 g/mol. The van der Waals surface area contributed by atoms with E-state index in [9.17, 15) is 15.0 Å². The maximum atomic E-state index is 12.7. The molecule has 0 radical (unpaired) electrons. The minimum Gasteiger partial charge on any atom is -0.506 e. The first-order valence-corrected chi connectivity index (χ1v) is 8.80. The van der Waals surface area contributed by atoms with Crippen molar-refractivity contribution in [1.29, 1.82) is 0 Å². The van der Waals surface area contributed by atoms with Crippen LogP contribution < -0.4 is 0 Å². The summed E-state index contributed by atoms with van der Waals surface area (Å²) in [5.41, 5.74) is 0.335. The van der Waals surface area contributed by atoms with Gasteiger partial charge >= 0.3 is 0 Å². The summed E-state index contributed by atoms with van der Waals surface area (Å²) in [4.78, 5) is 14.4. The minimum absolute atomic E-state index is 0.0203. The lowest BCUT2D eigenvalue weighted by Crippen LogP contribution is -2.42. The third-order valence-corrected chi connectivity index (χ3v) is 5.05.